The third-order valence-corrected chi connectivity index (χ3v) is 4.94. The Morgan fingerprint density at radius 1 is 1.32 bits per heavy atom. The molecule has 0 saturated heterocycles. The van der Waals surface area contributed by atoms with E-state index in [1.807, 2.05) is 17.3 Å². The molecule has 0 aliphatic heterocycles. The first-order valence-electron chi connectivity index (χ1n) is 9.00. The highest BCUT2D eigenvalue weighted by molar-refractivity contribution is 5.79. The van der Waals surface area contributed by atoms with Crippen LogP contribution in [0.3, 0.4) is 0 Å². The second-order valence-corrected chi connectivity index (χ2v) is 6.84. The Morgan fingerprint density at radius 2 is 2.08 bits per heavy atom. The maximum Gasteiger partial charge on any atom is 0.226 e. The third-order valence-electron chi connectivity index (χ3n) is 4.94. The van der Waals surface area contributed by atoms with Crippen LogP contribution in [0.2, 0.25) is 0 Å². The van der Waals surface area contributed by atoms with Gasteiger partial charge in [0, 0.05) is 38.5 Å². The Morgan fingerprint density at radius 3 is 2.72 bits per heavy atom. The number of ether oxygens (including phenoxy) is 1. The number of rotatable bonds is 8. The Hall–Kier alpha value is -2.14. The molecule has 5 heteroatoms. The number of imidazole rings is 1. The van der Waals surface area contributed by atoms with Gasteiger partial charge < -0.3 is 14.2 Å². The molecule has 1 amide bonds. The molecule has 0 atom stereocenters. The highest BCUT2D eigenvalue weighted by Crippen LogP contribution is 2.28. The quantitative estimate of drug-likeness (QED) is 0.741. The van der Waals surface area contributed by atoms with Gasteiger partial charge in [-0.1, -0.05) is 36.2 Å². The van der Waals surface area contributed by atoms with Crippen molar-refractivity contribution in [3.05, 3.63) is 53.6 Å². The summed E-state index contributed by atoms with van der Waals surface area (Å²) in [7, 11) is 1.67. The molecule has 5 nitrogen and oxygen atoms in total. The first-order valence-corrected chi connectivity index (χ1v) is 9.00. The highest BCUT2D eigenvalue weighted by atomic mass is 16.5. The van der Waals surface area contributed by atoms with Gasteiger partial charge in [0.25, 0.3) is 0 Å². The number of carbonyl (C=O) groups excluding carboxylic acids is 1. The molecule has 1 aromatic carbocycles. The fourth-order valence-electron chi connectivity index (χ4n) is 3.08. The van der Waals surface area contributed by atoms with E-state index < -0.39 is 0 Å². The second-order valence-electron chi connectivity index (χ2n) is 6.84. The van der Waals surface area contributed by atoms with Gasteiger partial charge in [-0.15, -0.1) is 0 Å². The largest absolute Gasteiger partial charge is 0.383 e. The van der Waals surface area contributed by atoms with Crippen molar-refractivity contribution in [2.24, 2.45) is 5.92 Å². The maximum atomic E-state index is 12.7. The van der Waals surface area contributed by atoms with E-state index in [0.717, 1.165) is 31.6 Å². The van der Waals surface area contributed by atoms with Crippen molar-refractivity contribution in [2.75, 3.05) is 20.3 Å². The number of aromatic nitrogens is 2. The van der Waals surface area contributed by atoms with E-state index in [2.05, 4.69) is 40.7 Å². The summed E-state index contributed by atoms with van der Waals surface area (Å²) < 4.78 is 7.31. The summed E-state index contributed by atoms with van der Waals surface area (Å²) in [6.45, 7) is 4.56. The number of methoxy groups -OCH3 is 1. The molecule has 1 heterocycles. The van der Waals surface area contributed by atoms with Crippen molar-refractivity contribution in [2.45, 2.75) is 39.3 Å². The molecular formula is C20H27N3O2. The lowest BCUT2D eigenvalue weighted by Crippen LogP contribution is -2.40. The molecule has 0 bridgehead atoms. The number of amides is 1. The predicted molar refractivity (Wildman–Crippen MR) is 97.1 cm³/mol. The normalized spacial score (nSPS) is 14.3. The van der Waals surface area contributed by atoms with Crippen molar-refractivity contribution >= 4 is 5.91 Å². The predicted octanol–water partition coefficient (Wildman–Crippen LogP) is 3.01. The smallest absolute Gasteiger partial charge is 0.226 e. The molecule has 0 unspecified atom stereocenters. The van der Waals surface area contributed by atoms with E-state index in [-0.39, 0.29) is 11.8 Å². The number of hydrogen-bond acceptors (Lipinski definition) is 3. The highest BCUT2D eigenvalue weighted by Gasteiger charge is 2.29. The van der Waals surface area contributed by atoms with Gasteiger partial charge in [0.1, 0.15) is 5.82 Å². The van der Waals surface area contributed by atoms with Crippen LogP contribution in [0.4, 0.5) is 0 Å². The standard InChI is InChI=1S/C20H27N3O2/c1-16-6-8-17(9-7-16)14-22-11-10-21-19(22)15-23(12-13-25-2)20(24)18-4-3-5-18/h6-11,18H,3-5,12-15H2,1-2H3. The van der Waals surface area contributed by atoms with Gasteiger partial charge in [-0.3, -0.25) is 4.79 Å². The van der Waals surface area contributed by atoms with Crippen molar-refractivity contribution in [1.82, 2.24) is 14.5 Å². The summed E-state index contributed by atoms with van der Waals surface area (Å²) >= 11 is 0. The van der Waals surface area contributed by atoms with Gasteiger partial charge in [-0.2, -0.15) is 0 Å². The van der Waals surface area contributed by atoms with Crippen molar-refractivity contribution in [3.63, 3.8) is 0 Å². The minimum absolute atomic E-state index is 0.192. The zero-order chi connectivity index (χ0) is 17.6. The lowest BCUT2D eigenvalue weighted by atomic mass is 9.84. The Kier molecular flexibility index (Phi) is 5.87. The van der Waals surface area contributed by atoms with E-state index in [1.54, 1.807) is 7.11 Å². The Balaban J connectivity index is 1.70. The van der Waals surface area contributed by atoms with Gasteiger partial charge in [0.15, 0.2) is 0 Å². The zero-order valence-corrected chi connectivity index (χ0v) is 15.1. The minimum Gasteiger partial charge on any atom is -0.383 e. The number of aryl methyl sites for hydroxylation is 1. The van der Waals surface area contributed by atoms with Crippen LogP contribution < -0.4 is 0 Å². The van der Waals surface area contributed by atoms with Crippen LogP contribution >= 0.6 is 0 Å². The van der Waals surface area contributed by atoms with E-state index in [9.17, 15) is 4.79 Å². The summed E-state index contributed by atoms with van der Waals surface area (Å²) in [6.07, 6.45) is 6.99. The molecule has 3 rings (SSSR count). The van der Waals surface area contributed by atoms with Crippen molar-refractivity contribution in [1.29, 1.82) is 0 Å². The van der Waals surface area contributed by atoms with E-state index in [4.69, 9.17) is 4.74 Å². The molecule has 0 spiro atoms. The zero-order valence-electron chi connectivity index (χ0n) is 15.1. The number of carbonyl (C=O) groups is 1. The Bertz CT molecular complexity index is 689. The third kappa shape index (κ3) is 4.48. The number of benzene rings is 1. The van der Waals surface area contributed by atoms with Crippen LogP contribution in [-0.4, -0.2) is 40.6 Å². The van der Waals surface area contributed by atoms with Gasteiger partial charge in [-0.25, -0.2) is 4.98 Å². The van der Waals surface area contributed by atoms with Gasteiger partial charge in [-0.05, 0) is 25.3 Å². The topological polar surface area (TPSA) is 47.4 Å². The molecule has 2 aromatic rings. The molecule has 1 fully saturated rings. The number of nitrogens with zero attached hydrogens (tertiary/aromatic N) is 3. The van der Waals surface area contributed by atoms with Crippen molar-refractivity contribution in [3.8, 4) is 0 Å². The number of hydrogen-bond donors (Lipinski definition) is 0. The lowest BCUT2D eigenvalue weighted by Gasteiger charge is -2.31. The van der Waals surface area contributed by atoms with Gasteiger partial charge in [0.2, 0.25) is 5.91 Å². The monoisotopic (exact) mass is 341 g/mol. The summed E-state index contributed by atoms with van der Waals surface area (Å²) in [4.78, 5) is 19.1. The molecule has 1 aromatic heterocycles. The van der Waals surface area contributed by atoms with E-state index in [1.165, 1.54) is 11.1 Å². The van der Waals surface area contributed by atoms with E-state index >= 15 is 0 Å². The van der Waals surface area contributed by atoms with Gasteiger partial charge in [0.05, 0.1) is 13.2 Å². The fraction of sp³-hybridized carbons (Fsp3) is 0.500. The van der Waals surface area contributed by atoms with Crippen LogP contribution in [0.1, 0.15) is 36.2 Å². The van der Waals surface area contributed by atoms with Crippen LogP contribution in [0, 0.1) is 12.8 Å². The fourth-order valence-corrected chi connectivity index (χ4v) is 3.08. The minimum atomic E-state index is 0.192. The average Bonchev–Trinajstić information content (AvgIpc) is 2.98. The molecule has 25 heavy (non-hydrogen) atoms. The van der Waals surface area contributed by atoms with E-state index in [0.29, 0.717) is 19.7 Å². The van der Waals surface area contributed by atoms with Crippen LogP contribution in [-0.2, 0) is 22.6 Å². The van der Waals surface area contributed by atoms with Crippen LogP contribution in [0.15, 0.2) is 36.7 Å². The molecule has 1 saturated carbocycles. The van der Waals surface area contributed by atoms with Crippen LogP contribution in [0.25, 0.3) is 0 Å². The second kappa shape index (κ2) is 8.30. The maximum absolute atomic E-state index is 12.7. The molecule has 1 aliphatic rings. The SMILES string of the molecule is COCCN(Cc1nccn1Cc1ccc(C)cc1)C(=O)C1CCC1. The molecule has 0 N–H and O–H groups in total. The average molecular weight is 341 g/mol. The molecular weight excluding hydrogens is 314 g/mol. The van der Waals surface area contributed by atoms with Gasteiger partial charge >= 0.3 is 0 Å². The van der Waals surface area contributed by atoms with Crippen molar-refractivity contribution < 1.29 is 9.53 Å². The van der Waals surface area contributed by atoms with Crippen LogP contribution in [0.5, 0.6) is 0 Å². The lowest BCUT2D eigenvalue weighted by molar-refractivity contribution is -0.139. The molecule has 134 valence electrons. The Labute approximate surface area is 149 Å². The summed E-state index contributed by atoms with van der Waals surface area (Å²) in [5.41, 5.74) is 2.49. The summed E-state index contributed by atoms with van der Waals surface area (Å²) in [5.74, 6) is 1.36. The first-order chi connectivity index (χ1) is 12.2. The molecule has 0 radical (unpaired) electrons. The summed E-state index contributed by atoms with van der Waals surface area (Å²) in [5, 5.41) is 0. The first kappa shape index (κ1) is 17.7. The summed E-state index contributed by atoms with van der Waals surface area (Å²) in [6, 6.07) is 8.52. The molecule has 1 aliphatic carbocycles.